The highest BCUT2D eigenvalue weighted by atomic mass is 32.1. The van der Waals surface area contributed by atoms with E-state index in [-0.39, 0.29) is 40.9 Å². The van der Waals surface area contributed by atoms with Gasteiger partial charge >= 0.3 is 18.2 Å². The highest BCUT2D eigenvalue weighted by molar-refractivity contribution is 7.17. The fraction of sp³-hybridized carbons (Fsp3) is 0.556. The lowest BCUT2D eigenvalue weighted by atomic mass is 10.1. The number of fused-ring (bicyclic) bond motifs is 1. The second-order valence-electron chi connectivity index (χ2n) is 7.09. The number of hydrogen-bond acceptors (Lipinski definition) is 8. The maximum atomic E-state index is 13.5. The zero-order chi connectivity index (χ0) is 22.8. The van der Waals surface area contributed by atoms with Gasteiger partial charge in [-0.3, -0.25) is 0 Å². The van der Waals surface area contributed by atoms with Crippen molar-refractivity contribution in [3.63, 3.8) is 0 Å². The van der Waals surface area contributed by atoms with Crippen molar-refractivity contribution in [1.29, 1.82) is 0 Å². The molecule has 170 valence electrons. The lowest BCUT2D eigenvalue weighted by molar-refractivity contribution is -0.139. The van der Waals surface area contributed by atoms with Crippen molar-refractivity contribution in [2.75, 3.05) is 31.7 Å². The number of anilines is 1. The monoisotopic (exact) mass is 462 g/mol. The van der Waals surface area contributed by atoms with Crippen LogP contribution >= 0.6 is 11.3 Å². The van der Waals surface area contributed by atoms with Gasteiger partial charge in [-0.15, -0.1) is 11.3 Å². The molecule has 0 aliphatic carbocycles. The number of carboxylic acids is 1. The SMILES string of the molecule is COC[C@H](C)NC(=O)OC1CCN(c2nc(C(F)(F)F)c3scc(C(=O)O)c3n2)CC1. The number of rotatable bonds is 6. The maximum absolute atomic E-state index is 13.5. The van der Waals surface area contributed by atoms with Crippen LogP contribution in [0, 0.1) is 0 Å². The largest absolute Gasteiger partial charge is 0.478 e. The van der Waals surface area contributed by atoms with Crippen molar-refractivity contribution in [3.8, 4) is 0 Å². The second-order valence-corrected chi connectivity index (χ2v) is 7.97. The molecule has 1 aliphatic heterocycles. The topological polar surface area (TPSA) is 114 Å². The van der Waals surface area contributed by atoms with E-state index in [1.165, 1.54) is 12.0 Å². The third kappa shape index (κ3) is 5.34. The van der Waals surface area contributed by atoms with Crippen molar-refractivity contribution < 1.29 is 37.3 Å². The number of methoxy groups -OCH3 is 1. The molecule has 9 nitrogen and oxygen atoms in total. The zero-order valence-corrected chi connectivity index (χ0v) is 17.5. The van der Waals surface area contributed by atoms with Crippen molar-refractivity contribution in [3.05, 3.63) is 16.6 Å². The summed E-state index contributed by atoms with van der Waals surface area (Å²) in [5, 5.41) is 13.0. The molecule has 1 amide bonds. The highest BCUT2D eigenvalue weighted by Crippen LogP contribution is 2.38. The zero-order valence-electron chi connectivity index (χ0n) is 16.7. The van der Waals surface area contributed by atoms with Gasteiger partial charge in [-0.2, -0.15) is 13.2 Å². The van der Waals surface area contributed by atoms with Crippen LogP contribution in [-0.2, 0) is 15.7 Å². The molecule has 0 saturated carbocycles. The molecule has 1 saturated heterocycles. The van der Waals surface area contributed by atoms with Crippen LogP contribution in [0.3, 0.4) is 0 Å². The Morgan fingerprint density at radius 1 is 1.35 bits per heavy atom. The second kappa shape index (κ2) is 9.22. The molecule has 0 unspecified atom stereocenters. The number of aromatic nitrogens is 2. The number of aromatic carboxylic acids is 1. The molecule has 3 heterocycles. The predicted octanol–water partition coefficient (Wildman–Crippen LogP) is 3.14. The molecule has 2 aromatic heterocycles. The first-order valence-electron chi connectivity index (χ1n) is 9.41. The molecule has 0 spiro atoms. The van der Waals surface area contributed by atoms with E-state index in [1.54, 1.807) is 6.92 Å². The molecular formula is C18H21F3N4O5S. The smallest absolute Gasteiger partial charge is 0.434 e. The molecule has 13 heteroatoms. The van der Waals surface area contributed by atoms with Gasteiger partial charge < -0.3 is 24.8 Å². The first kappa shape index (κ1) is 23.0. The number of piperidine rings is 1. The summed E-state index contributed by atoms with van der Waals surface area (Å²) in [7, 11) is 1.51. The summed E-state index contributed by atoms with van der Waals surface area (Å²) >= 11 is 0.649. The van der Waals surface area contributed by atoms with Crippen molar-refractivity contribution in [1.82, 2.24) is 15.3 Å². The number of carbonyl (C=O) groups excluding carboxylic acids is 1. The van der Waals surface area contributed by atoms with Crippen molar-refractivity contribution in [2.45, 2.75) is 38.1 Å². The Labute approximate surface area is 179 Å². The standard InChI is InChI=1S/C18H21F3N4O5S/c1-9(7-29-2)22-17(28)30-10-3-5-25(6-4-10)16-23-12-11(15(26)27)8-31-13(12)14(24-16)18(19,20)21/h8-10H,3-7H2,1-2H3,(H,22,28)(H,26,27)/t9-/m0/s1. The molecule has 1 fully saturated rings. The van der Waals surface area contributed by atoms with E-state index in [4.69, 9.17) is 9.47 Å². The van der Waals surface area contributed by atoms with E-state index in [0.29, 0.717) is 30.8 Å². The minimum Gasteiger partial charge on any atom is -0.478 e. The van der Waals surface area contributed by atoms with E-state index in [0.717, 1.165) is 5.38 Å². The predicted molar refractivity (Wildman–Crippen MR) is 106 cm³/mol. The summed E-state index contributed by atoms with van der Waals surface area (Å²) in [6.45, 7) is 2.59. The van der Waals surface area contributed by atoms with E-state index in [2.05, 4.69) is 15.3 Å². The first-order valence-corrected chi connectivity index (χ1v) is 10.3. The first-order chi connectivity index (χ1) is 14.6. The fourth-order valence-corrected chi connectivity index (χ4v) is 4.23. The van der Waals surface area contributed by atoms with Gasteiger partial charge in [-0.05, 0) is 6.92 Å². The third-order valence-electron chi connectivity index (χ3n) is 4.68. The van der Waals surface area contributed by atoms with Crippen molar-refractivity contribution in [2.24, 2.45) is 0 Å². The molecule has 1 atom stereocenters. The molecule has 2 aromatic rings. The van der Waals surface area contributed by atoms with Gasteiger partial charge in [-0.1, -0.05) is 0 Å². The van der Waals surface area contributed by atoms with Crippen LogP contribution in [0.5, 0.6) is 0 Å². The van der Waals surface area contributed by atoms with Crippen LogP contribution < -0.4 is 10.2 Å². The average molecular weight is 462 g/mol. The van der Waals surface area contributed by atoms with Gasteiger partial charge in [0.2, 0.25) is 5.95 Å². The third-order valence-corrected chi connectivity index (χ3v) is 5.66. The van der Waals surface area contributed by atoms with Crippen LogP contribution in [0.25, 0.3) is 10.2 Å². The quantitative estimate of drug-likeness (QED) is 0.673. The molecule has 3 rings (SSSR count). The van der Waals surface area contributed by atoms with Gasteiger partial charge in [0, 0.05) is 38.4 Å². The minimum absolute atomic E-state index is 0.197. The van der Waals surface area contributed by atoms with Gasteiger partial charge in [0.05, 0.1) is 22.9 Å². The summed E-state index contributed by atoms with van der Waals surface area (Å²) in [6.07, 6.45) is -5.03. The minimum atomic E-state index is -4.75. The van der Waals surface area contributed by atoms with Gasteiger partial charge in [0.15, 0.2) is 5.69 Å². The summed E-state index contributed by atoms with van der Waals surface area (Å²) < 4.78 is 50.5. The molecule has 31 heavy (non-hydrogen) atoms. The van der Waals surface area contributed by atoms with E-state index < -0.39 is 30.0 Å². The Kier molecular flexibility index (Phi) is 6.84. The van der Waals surface area contributed by atoms with Gasteiger partial charge in [0.25, 0.3) is 0 Å². The number of halogens is 3. The van der Waals surface area contributed by atoms with E-state index in [1.807, 2.05) is 0 Å². The summed E-state index contributed by atoms with van der Waals surface area (Å²) in [5.41, 5.74) is -1.69. The summed E-state index contributed by atoms with van der Waals surface area (Å²) in [4.78, 5) is 32.6. The highest BCUT2D eigenvalue weighted by Gasteiger charge is 2.38. The Morgan fingerprint density at radius 2 is 2.03 bits per heavy atom. The van der Waals surface area contributed by atoms with E-state index >= 15 is 0 Å². The molecule has 0 aromatic carbocycles. The fourth-order valence-electron chi connectivity index (χ4n) is 3.24. The number of ether oxygens (including phenoxy) is 2. The van der Waals surface area contributed by atoms with Crippen molar-refractivity contribution >= 4 is 39.6 Å². The number of nitrogens with one attached hydrogen (secondary N) is 1. The number of nitrogens with zero attached hydrogens (tertiary/aromatic N) is 3. The van der Waals surface area contributed by atoms with Crippen LogP contribution in [-0.4, -0.2) is 66.1 Å². The number of hydrogen-bond donors (Lipinski definition) is 2. The number of alkyl halides is 3. The van der Waals surface area contributed by atoms with Crippen LogP contribution in [0.1, 0.15) is 35.8 Å². The molecular weight excluding hydrogens is 441 g/mol. The lowest BCUT2D eigenvalue weighted by Crippen LogP contribution is -2.42. The Hall–Kier alpha value is -2.67. The van der Waals surface area contributed by atoms with Crippen LogP contribution in [0.15, 0.2) is 5.38 Å². The normalized spacial score (nSPS) is 16.4. The average Bonchev–Trinajstić information content (AvgIpc) is 3.11. The number of carboxylic acid groups (broad SMARTS) is 1. The number of amides is 1. The van der Waals surface area contributed by atoms with E-state index in [9.17, 15) is 27.9 Å². The molecule has 2 N–H and O–H groups in total. The van der Waals surface area contributed by atoms with Crippen LogP contribution in [0.2, 0.25) is 0 Å². The Bertz CT molecular complexity index is 960. The van der Waals surface area contributed by atoms with Gasteiger partial charge in [-0.25, -0.2) is 19.6 Å². The number of alkyl carbamates (subject to hydrolysis) is 1. The summed E-state index contributed by atoms with van der Waals surface area (Å²) in [5.74, 6) is -1.55. The number of thiophene rings is 1. The molecule has 0 radical (unpaired) electrons. The molecule has 1 aliphatic rings. The number of carbonyl (C=O) groups is 2. The maximum Gasteiger partial charge on any atom is 0.434 e. The Balaban J connectivity index is 1.74. The van der Waals surface area contributed by atoms with Crippen LogP contribution in [0.4, 0.5) is 23.9 Å². The lowest BCUT2D eigenvalue weighted by Gasteiger charge is -2.32. The molecule has 0 bridgehead atoms. The van der Waals surface area contributed by atoms with Gasteiger partial charge in [0.1, 0.15) is 11.6 Å². The summed E-state index contributed by atoms with van der Waals surface area (Å²) in [6, 6.07) is -0.229. The Morgan fingerprint density at radius 3 is 2.61 bits per heavy atom.